The van der Waals surface area contributed by atoms with Crippen molar-refractivity contribution in [1.29, 1.82) is 0 Å². The number of aromatic nitrogens is 2. The highest BCUT2D eigenvalue weighted by Gasteiger charge is 2.35. The maximum Gasteiger partial charge on any atom is 0.419 e. The predicted octanol–water partition coefficient (Wildman–Crippen LogP) is 6.01. The average molecular weight is 476 g/mol. The van der Waals surface area contributed by atoms with Crippen LogP contribution >= 0.6 is 0 Å². The smallest absolute Gasteiger partial charge is 0.419 e. The first-order valence-corrected chi connectivity index (χ1v) is 10.3. The molecule has 10 heteroatoms. The maximum atomic E-state index is 13.5. The molecule has 2 aromatic carbocycles. The summed E-state index contributed by atoms with van der Waals surface area (Å²) in [6.07, 6.45) is -4.02. The monoisotopic (exact) mass is 476 g/mol. The van der Waals surface area contributed by atoms with Crippen LogP contribution in [0.1, 0.15) is 33.3 Å². The molecular weight excluding hydrogens is 453 g/mol. The molecule has 0 bridgehead atoms. The molecule has 0 aliphatic rings. The van der Waals surface area contributed by atoms with Gasteiger partial charge in [0.05, 0.1) is 11.7 Å². The number of benzene rings is 2. The number of carboxylic acids is 1. The van der Waals surface area contributed by atoms with Crippen LogP contribution < -0.4 is 9.47 Å². The highest BCUT2D eigenvalue weighted by molar-refractivity contribution is 5.85. The third-order valence-electron chi connectivity index (χ3n) is 4.58. The third kappa shape index (κ3) is 6.15. The molecule has 1 aromatic heterocycles. The summed E-state index contributed by atoms with van der Waals surface area (Å²) in [6, 6.07) is 10.2. The van der Waals surface area contributed by atoms with Gasteiger partial charge in [-0.3, -0.25) is 0 Å². The van der Waals surface area contributed by atoms with Crippen molar-refractivity contribution in [3.8, 4) is 34.3 Å². The van der Waals surface area contributed by atoms with Crippen molar-refractivity contribution in [2.75, 3.05) is 0 Å². The Morgan fingerprint density at radius 3 is 2.29 bits per heavy atom. The highest BCUT2D eigenvalue weighted by atomic mass is 19.4. The van der Waals surface area contributed by atoms with E-state index in [1.807, 2.05) is 0 Å². The maximum absolute atomic E-state index is 13.5. The topological polar surface area (TPSA) is 94.7 Å². The summed E-state index contributed by atoms with van der Waals surface area (Å²) in [6.45, 7) is 6.47. The average Bonchev–Trinajstić information content (AvgIpc) is 3.23. The van der Waals surface area contributed by atoms with Crippen molar-refractivity contribution in [1.82, 2.24) is 10.1 Å². The van der Waals surface area contributed by atoms with E-state index in [2.05, 4.69) is 10.1 Å². The Kier molecular flexibility index (Phi) is 7.29. The molecule has 0 saturated carbocycles. The van der Waals surface area contributed by atoms with Gasteiger partial charge in [-0.2, -0.15) is 18.2 Å². The zero-order valence-electron chi connectivity index (χ0n) is 18.9. The van der Waals surface area contributed by atoms with Gasteiger partial charge in [-0.25, -0.2) is 4.79 Å². The molecule has 1 N–H and O–H groups in total. The molecule has 0 amide bonds. The number of rotatable bonds is 8. The number of ether oxygens (including phenoxy) is 2. The third-order valence-corrected chi connectivity index (χ3v) is 4.58. The van der Waals surface area contributed by atoms with Gasteiger partial charge in [0, 0.05) is 16.7 Å². The first kappa shape index (κ1) is 24.8. The van der Waals surface area contributed by atoms with E-state index in [0.717, 1.165) is 6.07 Å². The second-order valence-electron chi connectivity index (χ2n) is 7.80. The first-order chi connectivity index (χ1) is 15.9. The molecular formula is C24H23F3N2O5. The molecule has 0 aliphatic heterocycles. The van der Waals surface area contributed by atoms with Crippen LogP contribution in [0.4, 0.5) is 13.2 Å². The normalized spacial score (nSPS) is 13.1. The molecule has 34 heavy (non-hydrogen) atoms. The van der Waals surface area contributed by atoms with Crippen LogP contribution in [-0.2, 0) is 11.0 Å². The molecule has 3 aromatic rings. The minimum absolute atomic E-state index is 0.000159. The van der Waals surface area contributed by atoms with Crippen LogP contribution in [0, 0.1) is 0 Å². The molecule has 0 aliphatic carbocycles. The summed E-state index contributed by atoms with van der Waals surface area (Å²) < 4.78 is 56.7. The number of halogens is 3. The molecule has 0 unspecified atom stereocenters. The van der Waals surface area contributed by atoms with Gasteiger partial charge < -0.3 is 19.1 Å². The van der Waals surface area contributed by atoms with E-state index in [9.17, 15) is 18.0 Å². The summed E-state index contributed by atoms with van der Waals surface area (Å²) in [4.78, 5) is 15.1. The van der Waals surface area contributed by atoms with E-state index in [1.165, 1.54) is 25.1 Å². The van der Waals surface area contributed by atoms with Crippen LogP contribution in [0.25, 0.3) is 22.8 Å². The van der Waals surface area contributed by atoms with Gasteiger partial charge in [-0.1, -0.05) is 5.16 Å². The Morgan fingerprint density at radius 1 is 1.06 bits per heavy atom. The zero-order valence-corrected chi connectivity index (χ0v) is 18.9. The number of carbonyl (C=O) groups is 1. The van der Waals surface area contributed by atoms with Gasteiger partial charge in [0.2, 0.25) is 5.82 Å². The number of aliphatic carboxylic acids is 1. The molecule has 0 spiro atoms. The van der Waals surface area contributed by atoms with Gasteiger partial charge in [0.1, 0.15) is 17.6 Å². The van der Waals surface area contributed by atoms with E-state index in [0.29, 0.717) is 11.3 Å². The molecule has 1 heterocycles. The number of hydrogen-bond acceptors (Lipinski definition) is 6. The van der Waals surface area contributed by atoms with E-state index in [4.69, 9.17) is 19.1 Å². The van der Waals surface area contributed by atoms with Crippen molar-refractivity contribution in [2.24, 2.45) is 0 Å². The van der Waals surface area contributed by atoms with Crippen molar-refractivity contribution < 1.29 is 37.1 Å². The Morgan fingerprint density at radius 2 is 1.71 bits per heavy atom. The van der Waals surface area contributed by atoms with E-state index < -0.39 is 29.9 Å². The summed E-state index contributed by atoms with van der Waals surface area (Å²) in [5.41, 5.74) is -0.0903. The van der Waals surface area contributed by atoms with Gasteiger partial charge >= 0.3 is 12.1 Å². The number of alkyl halides is 3. The highest BCUT2D eigenvalue weighted by Crippen LogP contribution is 2.39. The van der Waals surface area contributed by atoms with Crippen molar-refractivity contribution in [3.63, 3.8) is 0 Å². The second kappa shape index (κ2) is 9.98. The molecule has 0 radical (unpaired) electrons. The van der Waals surface area contributed by atoms with Gasteiger partial charge in [0.15, 0.2) is 0 Å². The van der Waals surface area contributed by atoms with Gasteiger partial charge in [0.25, 0.3) is 5.89 Å². The van der Waals surface area contributed by atoms with Crippen LogP contribution in [0.15, 0.2) is 58.6 Å². The van der Waals surface area contributed by atoms with E-state index in [1.54, 1.807) is 45.0 Å². The first-order valence-electron chi connectivity index (χ1n) is 10.3. The van der Waals surface area contributed by atoms with Crippen molar-refractivity contribution >= 4 is 5.97 Å². The fourth-order valence-electron chi connectivity index (χ4n) is 3.05. The molecule has 180 valence electrons. The minimum atomic E-state index is -4.61. The minimum Gasteiger partial charge on any atom is -0.490 e. The molecule has 3 rings (SSSR count). The Labute approximate surface area is 193 Å². The number of hydrogen-bond donors (Lipinski definition) is 1. The molecule has 0 saturated heterocycles. The van der Waals surface area contributed by atoms with E-state index >= 15 is 0 Å². The predicted molar refractivity (Wildman–Crippen MR) is 117 cm³/mol. The lowest BCUT2D eigenvalue weighted by Gasteiger charge is -2.16. The van der Waals surface area contributed by atoms with Gasteiger partial charge in [-0.05, 0) is 76.2 Å². The van der Waals surface area contributed by atoms with Crippen LogP contribution in [0.3, 0.4) is 0 Å². The molecule has 1 atom stereocenters. The standard InChI is InChI=1S/C24H23F3N2O5/c1-13(2)32-20-10-7-17(12-19(20)24(25,26)27)21-28-22(34-29-21)16-5-8-18(9-6-16)33-15(4)11-14(3)23(30)31/h5-13,15H,1-4H3,(H,30,31)/b14-11+/t15-/m1/s1. The lowest BCUT2D eigenvalue weighted by Crippen LogP contribution is -2.13. The van der Waals surface area contributed by atoms with Crippen LogP contribution in [0.2, 0.25) is 0 Å². The Hall–Kier alpha value is -3.82. The lowest BCUT2D eigenvalue weighted by molar-refractivity contribution is -0.139. The van der Waals surface area contributed by atoms with Crippen molar-refractivity contribution in [2.45, 2.75) is 46.1 Å². The van der Waals surface area contributed by atoms with Crippen LogP contribution in [0.5, 0.6) is 11.5 Å². The summed E-state index contributed by atoms with van der Waals surface area (Å²) in [5.74, 6) is -0.691. The lowest BCUT2D eigenvalue weighted by atomic mass is 10.1. The van der Waals surface area contributed by atoms with Crippen molar-refractivity contribution in [3.05, 3.63) is 59.7 Å². The zero-order chi connectivity index (χ0) is 25.0. The molecule has 7 nitrogen and oxygen atoms in total. The van der Waals surface area contributed by atoms with Gasteiger partial charge in [-0.15, -0.1) is 0 Å². The Balaban J connectivity index is 1.80. The summed E-state index contributed by atoms with van der Waals surface area (Å²) in [7, 11) is 0. The molecule has 0 fully saturated rings. The van der Waals surface area contributed by atoms with Crippen LogP contribution in [-0.4, -0.2) is 33.4 Å². The summed E-state index contributed by atoms with van der Waals surface area (Å²) in [5, 5.41) is 12.7. The number of carboxylic acid groups (broad SMARTS) is 1. The quantitative estimate of drug-likeness (QED) is 0.398. The fourth-order valence-corrected chi connectivity index (χ4v) is 3.05. The second-order valence-corrected chi connectivity index (χ2v) is 7.80. The largest absolute Gasteiger partial charge is 0.490 e. The fraction of sp³-hybridized carbons (Fsp3) is 0.292. The summed E-state index contributed by atoms with van der Waals surface area (Å²) >= 11 is 0. The van der Waals surface area contributed by atoms with E-state index in [-0.39, 0.29) is 28.6 Å². The number of nitrogens with zero attached hydrogens (tertiary/aromatic N) is 2. The SMILES string of the molecule is C/C(=C\[C@@H](C)Oc1ccc(-c2nc(-c3ccc(OC(C)C)c(C(F)(F)F)c3)no2)cc1)C(=O)O. The Bertz CT molecular complexity index is 1180.